The van der Waals surface area contributed by atoms with Crippen LogP contribution in [-0.2, 0) is 69.0 Å². The molecule has 5 heterocycles. The third kappa shape index (κ3) is 29.0. The molecule has 1 aromatic rings. The van der Waals surface area contributed by atoms with E-state index < -0.39 is 179 Å². The average Bonchev–Trinajstić information content (AvgIpc) is 1.61. The van der Waals surface area contributed by atoms with Gasteiger partial charge in [-0.1, -0.05) is 71.7 Å². The highest BCUT2D eigenvalue weighted by Crippen LogP contribution is 2.34. The Morgan fingerprint density at radius 1 is 0.526 bits per heavy atom. The van der Waals surface area contributed by atoms with Crippen LogP contribution in [0, 0.1) is 29.1 Å². The minimum absolute atomic E-state index is 0.00748. The van der Waals surface area contributed by atoms with Gasteiger partial charge in [-0.25, -0.2) is 10.9 Å². The quantitative estimate of drug-likeness (QED) is 0.0715. The third-order valence-electron chi connectivity index (χ3n) is 22.6. The number of aliphatic hydroxyl groups is 4. The van der Waals surface area contributed by atoms with Gasteiger partial charge in [-0.15, -0.1) is 0 Å². The molecule has 4 unspecified atom stereocenters. The highest BCUT2D eigenvalue weighted by molar-refractivity contribution is 7.98. The van der Waals surface area contributed by atoms with Crippen molar-refractivity contribution in [2.24, 2.45) is 34.8 Å². The van der Waals surface area contributed by atoms with E-state index in [-0.39, 0.29) is 87.0 Å². The lowest BCUT2D eigenvalue weighted by molar-refractivity contribution is -0.138. The van der Waals surface area contributed by atoms with Crippen LogP contribution in [0.5, 0.6) is 0 Å². The van der Waals surface area contributed by atoms with E-state index in [0.717, 1.165) is 30.5 Å². The van der Waals surface area contributed by atoms with Crippen LogP contribution in [0.2, 0.25) is 0 Å². The molecule has 5 aliphatic heterocycles. The molecule has 0 spiro atoms. The number of hydrazine groups is 3. The lowest BCUT2D eigenvalue weighted by Crippen LogP contribution is -2.63. The molecule has 7 aliphatic rings. The van der Waals surface area contributed by atoms with Crippen molar-refractivity contribution in [3.8, 4) is 0 Å². The van der Waals surface area contributed by atoms with Crippen molar-refractivity contribution in [2.75, 3.05) is 37.8 Å². The number of thioether (sulfide) groups is 2. The van der Waals surface area contributed by atoms with Crippen molar-refractivity contribution >= 4 is 94.4 Å². The number of primary amides is 1. The largest absolute Gasteiger partial charge is 0.393 e. The number of aliphatic hydroxyl groups excluding tert-OH is 4. The second-order valence-corrected chi connectivity index (χ2v) is 35.1. The molecule has 640 valence electrons. The van der Waals surface area contributed by atoms with E-state index in [2.05, 4.69) is 102 Å². The number of hydrogen-bond acceptors (Lipinski definition) is 26. The average molecular weight is 1640 g/mol. The summed E-state index contributed by atoms with van der Waals surface area (Å²) in [4.78, 5) is 176. The molecule has 36 nitrogen and oxygen atoms in total. The molecule has 38 heteroatoms. The van der Waals surface area contributed by atoms with Crippen LogP contribution in [-0.4, -0.2) is 238 Å². The molecule has 6 fully saturated rings. The molecular formula is C76H128N20O16S2. The Labute approximate surface area is 676 Å². The van der Waals surface area contributed by atoms with Crippen LogP contribution in [0.25, 0.3) is 0 Å². The molecule has 0 radical (unpaired) electrons. The summed E-state index contributed by atoms with van der Waals surface area (Å²) in [6.45, 7) is 13.4. The van der Waals surface area contributed by atoms with E-state index in [1.165, 1.54) is 37.4 Å². The molecule has 2 aliphatic carbocycles. The molecular weight excluding hydrogens is 1510 g/mol. The van der Waals surface area contributed by atoms with Gasteiger partial charge >= 0.3 is 0 Å². The molecule has 8 rings (SSSR count). The number of hydrogen-bond donors (Lipinski definition) is 24. The first-order chi connectivity index (χ1) is 54.4. The maximum absolute atomic E-state index is 15.3. The number of carbonyl (C=O) groups is 12. The summed E-state index contributed by atoms with van der Waals surface area (Å²) in [6.07, 6.45) is 0.930. The Morgan fingerprint density at radius 2 is 0.991 bits per heavy atom. The molecule has 25 N–H and O–H groups in total. The van der Waals surface area contributed by atoms with Crippen LogP contribution in [0.4, 0.5) is 0 Å². The summed E-state index contributed by atoms with van der Waals surface area (Å²) in [5.41, 5.74) is 17.9. The monoisotopic (exact) mass is 1640 g/mol. The van der Waals surface area contributed by atoms with Gasteiger partial charge < -0.3 is 106 Å². The maximum atomic E-state index is 15.3. The Kier molecular flexibility index (Phi) is 37.1. The number of piperidine rings is 1. The van der Waals surface area contributed by atoms with Crippen LogP contribution in [0.3, 0.4) is 0 Å². The van der Waals surface area contributed by atoms with E-state index in [9.17, 15) is 49.2 Å². The molecule has 0 aromatic heterocycles. The fraction of sp³-hybridized carbons (Fsp3) is 0.763. The van der Waals surface area contributed by atoms with E-state index in [1.54, 1.807) is 34.6 Å². The van der Waals surface area contributed by atoms with Crippen molar-refractivity contribution in [2.45, 2.75) is 298 Å². The fourth-order valence-corrected chi connectivity index (χ4v) is 17.9. The highest BCUT2D eigenvalue weighted by Gasteiger charge is 2.45. The Morgan fingerprint density at radius 3 is 1.50 bits per heavy atom. The van der Waals surface area contributed by atoms with Crippen LogP contribution >= 0.6 is 23.5 Å². The molecule has 2 saturated carbocycles. The number of rotatable bonds is 17. The lowest BCUT2D eigenvalue weighted by Gasteiger charge is -2.34. The van der Waals surface area contributed by atoms with Crippen molar-refractivity contribution in [1.82, 2.24) is 102 Å². The van der Waals surface area contributed by atoms with Crippen molar-refractivity contribution in [3.05, 3.63) is 35.4 Å². The zero-order valence-corrected chi connectivity index (χ0v) is 68.5. The van der Waals surface area contributed by atoms with E-state index in [4.69, 9.17) is 5.73 Å². The van der Waals surface area contributed by atoms with Gasteiger partial charge in [0.25, 0.3) is 0 Å². The topological polar surface area (TPSA) is 540 Å². The molecule has 1 aromatic carbocycles. The lowest BCUT2D eigenvalue weighted by atomic mass is 9.82. The zero-order chi connectivity index (χ0) is 82.8. The van der Waals surface area contributed by atoms with Gasteiger partial charge in [-0.2, -0.15) is 34.6 Å². The minimum atomic E-state index is -1.75. The Hall–Kier alpha value is -6.92. The first kappa shape index (κ1) is 92.6. The summed E-state index contributed by atoms with van der Waals surface area (Å²) in [7, 11) is 0. The Bertz CT molecular complexity index is 3370. The molecule has 114 heavy (non-hydrogen) atoms. The predicted molar refractivity (Wildman–Crippen MR) is 428 cm³/mol. The maximum Gasteiger partial charge on any atom is 0.245 e. The first-order valence-electron chi connectivity index (χ1n) is 40.9. The molecule has 17 atom stereocenters. The standard InChI is InChI=1S/C76H128N20O16S2/c1-8-12-51-66(103)86-57(33-59-93-95-96-94-59)71(108)84-53(29-42-17-21-48(99)22-18-42)68(105)83-52(13-9-2)67(104)91-62(41(4)98)74(111)89-58(64(77)102)38-114-37-45-15-10-14-44(28-45)36-113-27-25-60(101)90-63(76(5,6)7)75(112)88-54(30-43-19-23-49(100)24-20-43)69(106)85-56(32-47-35-78-39-81-47)72(109)92-61(40(3)97)73(110)87-55(70(107)82-51)31-46-34-80-65-50(46)16-11-26-79-65/h10,14-15,28,40-43,46-59,61-63,65,78-81,93-100H,8-9,11-13,16-27,29-39H2,1-7H3,(H2,77,102)(H,82,107)(H,83,105)(H,84,108)(H,85,106)(H,86,103)(H,87,110)(H,88,112)(H,89,111)(H,90,101)(H,91,104)(H,92,109)/t40-,41-,42?,43?,46?,47?,48?,49?,50?,51+,52+,53+,54+,55+,56+,57+,58+,61+,62+,63-,65?/m1/s1. The van der Waals surface area contributed by atoms with Gasteiger partial charge in [0.05, 0.1) is 36.7 Å². The van der Waals surface area contributed by atoms with Gasteiger partial charge in [-0.05, 0) is 170 Å². The van der Waals surface area contributed by atoms with E-state index >= 15 is 28.8 Å². The number of benzene rings is 1. The molecule has 2 bridgehead atoms. The highest BCUT2D eigenvalue weighted by atomic mass is 32.2. The summed E-state index contributed by atoms with van der Waals surface area (Å²) in [5, 5.41) is 87.7. The minimum Gasteiger partial charge on any atom is -0.393 e. The summed E-state index contributed by atoms with van der Waals surface area (Å²) < 4.78 is 0. The SMILES string of the molecule is CCC[C@@H]1NC(=O)[C@H](CC2CNC3NCCCC23)NC(=O)[C@H]([C@@H](C)O)NC(=O)[C@H](CC2CNCN2)NC(=O)[C@H](CC2CCC(O)CC2)NC(=O)[C@H](C(C)(C)C)NC(=O)CCSCc2cccc(c2)CSC[C@@H](C(N)=O)NC(=O)[C@H]([C@@H](C)O)NC(=O)[C@H](CCC)NC(=O)[C@H](CC2CCC(O)CC2)NC(=O)[C@H](CC2NNNN2)NC1=O. The molecule has 12 amide bonds. The number of carbonyl (C=O) groups excluding carboxylic acids is 12. The predicted octanol–water partition coefficient (Wildman–Crippen LogP) is -3.66. The van der Waals surface area contributed by atoms with Crippen LogP contribution in [0.1, 0.15) is 188 Å². The number of fused-ring (bicyclic) bond motifs is 3. The number of amides is 12. The normalized spacial score (nSPS) is 33.2. The molecule has 4 saturated heterocycles. The number of nitrogens with two attached hydrogens (primary N) is 1. The van der Waals surface area contributed by atoms with Crippen molar-refractivity contribution in [3.63, 3.8) is 0 Å². The van der Waals surface area contributed by atoms with Gasteiger partial charge in [0.2, 0.25) is 70.9 Å². The van der Waals surface area contributed by atoms with Gasteiger partial charge in [-0.3, -0.25) is 57.5 Å². The second-order valence-electron chi connectivity index (χ2n) is 33.0. The van der Waals surface area contributed by atoms with E-state index in [1.807, 2.05) is 24.3 Å². The zero-order valence-electron chi connectivity index (χ0n) is 66.9. The Balaban J connectivity index is 1.11. The second kappa shape index (κ2) is 45.7. The van der Waals surface area contributed by atoms with Gasteiger partial charge in [0.1, 0.15) is 66.5 Å². The van der Waals surface area contributed by atoms with E-state index in [0.29, 0.717) is 101 Å². The smallest absolute Gasteiger partial charge is 0.245 e. The summed E-state index contributed by atoms with van der Waals surface area (Å²) in [6, 6.07) is -8.22. The van der Waals surface area contributed by atoms with Gasteiger partial charge in [0.15, 0.2) is 0 Å². The van der Waals surface area contributed by atoms with Crippen LogP contribution in [0.15, 0.2) is 24.3 Å². The fourth-order valence-electron chi connectivity index (χ4n) is 16.0. The summed E-state index contributed by atoms with van der Waals surface area (Å²) >= 11 is 2.77. The summed E-state index contributed by atoms with van der Waals surface area (Å²) in [5.74, 6) is -9.01. The number of nitrogens with one attached hydrogen (secondary N) is 19. The van der Waals surface area contributed by atoms with Crippen molar-refractivity contribution in [1.29, 1.82) is 0 Å². The third-order valence-corrected chi connectivity index (χ3v) is 24.7. The van der Waals surface area contributed by atoms with Gasteiger partial charge in [0, 0.05) is 55.1 Å². The van der Waals surface area contributed by atoms with Crippen molar-refractivity contribution < 1.29 is 78.0 Å². The first-order valence-corrected chi connectivity index (χ1v) is 43.2. The van der Waals surface area contributed by atoms with Crippen LogP contribution < -0.4 is 107 Å².